The van der Waals surface area contributed by atoms with Crippen molar-refractivity contribution in [2.75, 3.05) is 11.4 Å². The van der Waals surface area contributed by atoms with Crippen LogP contribution in [0.4, 0.5) is 5.69 Å². The van der Waals surface area contributed by atoms with Gasteiger partial charge in [0.1, 0.15) is 15.7 Å². The third-order valence-corrected chi connectivity index (χ3v) is 7.52. The highest BCUT2D eigenvalue weighted by Gasteiger charge is 2.37. The molecule has 5 rings (SSSR count). The number of rotatable bonds is 3. The fourth-order valence-corrected chi connectivity index (χ4v) is 5.79. The van der Waals surface area contributed by atoms with Gasteiger partial charge in [-0.2, -0.15) is 0 Å². The lowest BCUT2D eigenvalue weighted by molar-refractivity contribution is 0.642. The Hall–Kier alpha value is -2.94. The van der Waals surface area contributed by atoms with E-state index >= 15 is 0 Å². The van der Waals surface area contributed by atoms with Gasteiger partial charge in [-0.3, -0.25) is 4.98 Å². The van der Waals surface area contributed by atoms with Gasteiger partial charge in [0.05, 0.1) is 5.69 Å². The molecule has 1 aliphatic heterocycles. The second-order valence-corrected chi connectivity index (χ2v) is 10.5. The number of pyridine rings is 1. The van der Waals surface area contributed by atoms with Crippen LogP contribution in [0.1, 0.15) is 53.3 Å². The molecular weight excluding hydrogens is 400 g/mol. The van der Waals surface area contributed by atoms with Crippen LogP contribution >= 0.6 is 0 Å². The predicted molar refractivity (Wildman–Crippen MR) is 146 cm³/mol. The minimum Gasteiger partial charge on any atom is -0.377 e. The molecular formula is C28H33B2N3. The maximum atomic E-state index is 5.27. The molecule has 1 N–H and O–H groups in total. The van der Waals surface area contributed by atoms with Crippen molar-refractivity contribution in [3.63, 3.8) is 0 Å². The van der Waals surface area contributed by atoms with Crippen LogP contribution in [0, 0.1) is 20.8 Å². The van der Waals surface area contributed by atoms with Gasteiger partial charge in [-0.25, -0.2) is 0 Å². The highest BCUT2D eigenvalue weighted by molar-refractivity contribution is 6.42. The number of H-pyrrole nitrogens is 1. The lowest BCUT2D eigenvalue weighted by Crippen LogP contribution is -2.53. The molecule has 0 bridgehead atoms. The van der Waals surface area contributed by atoms with E-state index in [1.165, 1.54) is 55.7 Å². The number of aryl methyl sites for hydroxylation is 3. The Bertz CT molecular complexity index is 1370. The van der Waals surface area contributed by atoms with E-state index in [1.54, 1.807) is 0 Å². The van der Waals surface area contributed by atoms with Crippen LogP contribution in [0.3, 0.4) is 0 Å². The van der Waals surface area contributed by atoms with Crippen molar-refractivity contribution in [2.45, 2.75) is 52.3 Å². The van der Waals surface area contributed by atoms with Crippen LogP contribution in [-0.2, 0) is 11.8 Å². The van der Waals surface area contributed by atoms with Crippen LogP contribution in [0.15, 0.2) is 48.7 Å². The SMILES string of the molecule is BC1(B)c2c(C)cc(-c3cccc4[nH]cc(C)c34)nc2CCN1c1cc(C(C)C)ccc1C. The molecule has 0 aliphatic carbocycles. The molecule has 5 heteroatoms. The maximum absolute atomic E-state index is 5.27. The summed E-state index contributed by atoms with van der Waals surface area (Å²) in [6.45, 7) is 12.2. The zero-order valence-electron chi connectivity index (χ0n) is 21.0. The standard InChI is InChI=1S/C28H33B2N3/c1-16(2)20-10-9-17(3)25(14-20)33-12-11-23-27(28(33,29)30)18(4)13-24(32-23)21-7-6-8-22-26(21)19(5)15-31-22/h6-10,13-16,31H,11-12,29-30H2,1-5H3. The number of nitrogens with one attached hydrogen (secondary N) is 1. The summed E-state index contributed by atoms with van der Waals surface area (Å²) in [6, 6.07) is 15.7. The molecule has 0 saturated carbocycles. The number of fused-ring (bicyclic) bond motifs is 2. The normalized spacial score (nSPS) is 15.3. The Balaban J connectivity index is 1.62. The first-order chi connectivity index (χ1) is 15.7. The van der Waals surface area contributed by atoms with E-state index in [2.05, 4.69) is 109 Å². The van der Waals surface area contributed by atoms with Crippen molar-refractivity contribution < 1.29 is 0 Å². The molecule has 0 atom stereocenters. The molecule has 3 heterocycles. The third-order valence-electron chi connectivity index (χ3n) is 7.52. The molecule has 0 unspecified atom stereocenters. The Morgan fingerprint density at radius 1 is 1.00 bits per heavy atom. The van der Waals surface area contributed by atoms with Gasteiger partial charge in [0.2, 0.25) is 0 Å². The minimum atomic E-state index is -0.125. The van der Waals surface area contributed by atoms with E-state index in [4.69, 9.17) is 4.98 Å². The van der Waals surface area contributed by atoms with E-state index in [-0.39, 0.29) is 5.34 Å². The molecule has 2 aromatic heterocycles. The maximum Gasteiger partial charge on any atom is 0.129 e. The molecule has 0 fully saturated rings. The highest BCUT2D eigenvalue weighted by Crippen LogP contribution is 2.40. The molecule has 166 valence electrons. The first kappa shape index (κ1) is 21.9. The van der Waals surface area contributed by atoms with Gasteiger partial charge in [0.25, 0.3) is 0 Å². The predicted octanol–water partition coefficient (Wildman–Crippen LogP) is 4.72. The Morgan fingerprint density at radius 3 is 2.55 bits per heavy atom. The van der Waals surface area contributed by atoms with E-state index < -0.39 is 0 Å². The zero-order valence-corrected chi connectivity index (χ0v) is 21.0. The molecule has 0 saturated heterocycles. The Morgan fingerprint density at radius 2 is 1.79 bits per heavy atom. The lowest BCUT2D eigenvalue weighted by atomic mass is 9.54. The van der Waals surface area contributed by atoms with Crippen molar-refractivity contribution >= 4 is 32.3 Å². The van der Waals surface area contributed by atoms with Crippen LogP contribution < -0.4 is 4.90 Å². The lowest BCUT2D eigenvalue weighted by Gasteiger charge is -2.47. The van der Waals surface area contributed by atoms with Crippen molar-refractivity contribution in [1.29, 1.82) is 0 Å². The first-order valence-corrected chi connectivity index (χ1v) is 12.1. The number of nitrogens with zero attached hydrogens (tertiary/aromatic N) is 2. The van der Waals surface area contributed by atoms with E-state index in [0.29, 0.717) is 5.92 Å². The molecule has 1 aliphatic rings. The fraction of sp³-hybridized carbons (Fsp3) is 0.321. The molecule has 0 spiro atoms. The van der Waals surface area contributed by atoms with Crippen molar-refractivity contribution in [2.24, 2.45) is 0 Å². The van der Waals surface area contributed by atoms with E-state index in [9.17, 15) is 0 Å². The number of hydrogen-bond donors (Lipinski definition) is 1. The number of anilines is 1. The first-order valence-electron chi connectivity index (χ1n) is 12.1. The summed E-state index contributed by atoms with van der Waals surface area (Å²) in [5.41, 5.74) is 12.8. The van der Waals surface area contributed by atoms with Gasteiger partial charge in [-0.15, -0.1) is 0 Å². The second kappa shape index (κ2) is 7.83. The molecule has 3 nitrogen and oxygen atoms in total. The minimum absolute atomic E-state index is 0.125. The number of aromatic nitrogens is 2. The summed E-state index contributed by atoms with van der Waals surface area (Å²) in [4.78, 5) is 11.3. The topological polar surface area (TPSA) is 31.9 Å². The van der Waals surface area contributed by atoms with Gasteiger partial charge in [0.15, 0.2) is 0 Å². The summed E-state index contributed by atoms with van der Waals surface area (Å²) in [5.74, 6) is 0.523. The molecule has 33 heavy (non-hydrogen) atoms. The van der Waals surface area contributed by atoms with E-state index in [0.717, 1.165) is 18.7 Å². The zero-order chi connectivity index (χ0) is 23.5. The summed E-state index contributed by atoms with van der Waals surface area (Å²) in [7, 11) is 4.72. The summed E-state index contributed by atoms with van der Waals surface area (Å²) < 4.78 is 0. The Labute approximate surface area is 199 Å². The fourth-order valence-electron chi connectivity index (χ4n) is 5.79. The Kier molecular flexibility index (Phi) is 5.19. The second-order valence-electron chi connectivity index (χ2n) is 10.5. The highest BCUT2D eigenvalue weighted by atomic mass is 15.2. The quantitative estimate of drug-likeness (QED) is 0.475. The summed E-state index contributed by atoms with van der Waals surface area (Å²) in [5, 5.41) is 1.15. The molecule has 4 aromatic rings. The number of hydrogen-bond acceptors (Lipinski definition) is 2. The molecule has 2 aromatic carbocycles. The van der Waals surface area contributed by atoms with Crippen molar-refractivity contribution in [3.05, 3.63) is 82.2 Å². The number of benzene rings is 2. The van der Waals surface area contributed by atoms with Gasteiger partial charge >= 0.3 is 0 Å². The van der Waals surface area contributed by atoms with Crippen molar-refractivity contribution in [1.82, 2.24) is 9.97 Å². The average Bonchev–Trinajstić information content (AvgIpc) is 3.15. The summed E-state index contributed by atoms with van der Waals surface area (Å²) >= 11 is 0. The van der Waals surface area contributed by atoms with Crippen LogP contribution in [0.5, 0.6) is 0 Å². The van der Waals surface area contributed by atoms with Crippen LogP contribution in [0.25, 0.3) is 22.2 Å². The molecule has 0 amide bonds. The monoisotopic (exact) mass is 433 g/mol. The van der Waals surface area contributed by atoms with Crippen LogP contribution in [-0.4, -0.2) is 32.2 Å². The summed E-state index contributed by atoms with van der Waals surface area (Å²) in [6.07, 6.45) is 3.05. The van der Waals surface area contributed by atoms with Gasteiger partial charge in [-0.05, 0) is 72.7 Å². The van der Waals surface area contributed by atoms with Gasteiger partial charge in [-0.1, -0.05) is 38.1 Å². The van der Waals surface area contributed by atoms with Gasteiger partial charge < -0.3 is 9.88 Å². The smallest absolute Gasteiger partial charge is 0.129 e. The van der Waals surface area contributed by atoms with Gasteiger partial charge in [0, 0.05) is 52.3 Å². The third kappa shape index (κ3) is 3.49. The average molecular weight is 433 g/mol. The molecule has 0 radical (unpaired) electrons. The number of aromatic amines is 1. The largest absolute Gasteiger partial charge is 0.377 e. The van der Waals surface area contributed by atoms with E-state index in [1.807, 2.05) is 0 Å². The van der Waals surface area contributed by atoms with Crippen LogP contribution in [0.2, 0.25) is 0 Å². The van der Waals surface area contributed by atoms with Crippen molar-refractivity contribution in [3.8, 4) is 11.3 Å².